The summed E-state index contributed by atoms with van der Waals surface area (Å²) in [6.07, 6.45) is 11.7. The predicted molar refractivity (Wildman–Crippen MR) is 164 cm³/mol. The van der Waals surface area contributed by atoms with Crippen LogP contribution in [0, 0.1) is 18.8 Å². The number of rotatable bonds is 8. The fourth-order valence-electron chi connectivity index (χ4n) is 7.01. The molecule has 0 aliphatic heterocycles. The number of aryl methyl sites for hydroxylation is 1. The first kappa shape index (κ1) is 28.0. The van der Waals surface area contributed by atoms with Crippen LogP contribution >= 0.6 is 0 Å². The Labute approximate surface area is 245 Å². The zero-order chi connectivity index (χ0) is 28.3. The molecule has 2 aromatic carbocycles. The topological polar surface area (TPSA) is 62.7 Å². The van der Waals surface area contributed by atoms with E-state index < -0.39 is 0 Å². The van der Waals surface area contributed by atoms with Crippen molar-refractivity contribution in [2.75, 3.05) is 18.6 Å². The lowest BCUT2D eigenvalue weighted by molar-refractivity contribution is -0.124. The van der Waals surface area contributed by atoms with Crippen LogP contribution in [-0.4, -0.2) is 35.8 Å². The maximum absolute atomic E-state index is 14.1. The van der Waals surface area contributed by atoms with E-state index in [4.69, 9.17) is 9.72 Å². The van der Waals surface area contributed by atoms with Gasteiger partial charge < -0.3 is 14.7 Å². The number of benzene rings is 2. The number of aliphatic hydroxyl groups excluding tert-OH is 1. The number of hydrogen-bond acceptors (Lipinski definition) is 4. The average Bonchev–Trinajstić information content (AvgIpc) is 3.86. The Morgan fingerprint density at radius 2 is 1.63 bits per heavy atom. The highest BCUT2D eigenvalue weighted by Gasteiger charge is 2.32. The van der Waals surface area contributed by atoms with Gasteiger partial charge in [0, 0.05) is 41.5 Å². The molecule has 216 valence electrons. The van der Waals surface area contributed by atoms with Crippen molar-refractivity contribution in [3.8, 4) is 16.9 Å². The Morgan fingerprint density at radius 3 is 2.29 bits per heavy atom. The van der Waals surface area contributed by atoms with Crippen molar-refractivity contribution in [2.45, 2.75) is 89.1 Å². The van der Waals surface area contributed by atoms with E-state index in [1.54, 1.807) is 7.11 Å². The summed E-state index contributed by atoms with van der Waals surface area (Å²) in [6, 6.07) is 19.4. The minimum atomic E-state index is -0.265. The summed E-state index contributed by atoms with van der Waals surface area (Å²) in [5.41, 5.74) is 6.98. The molecule has 3 fully saturated rings. The van der Waals surface area contributed by atoms with E-state index in [9.17, 15) is 9.90 Å². The van der Waals surface area contributed by atoms with Crippen LogP contribution in [0.2, 0.25) is 0 Å². The second-order valence-corrected chi connectivity index (χ2v) is 12.7. The zero-order valence-corrected chi connectivity index (χ0v) is 24.6. The minimum absolute atomic E-state index is 0.0137. The van der Waals surface area contributed by atoms with Gasteiger partial charge >= 0.3 is 0 Å². The highest BCUT2D eigenvalue weighted by Crippen LogP contribution is 2.40. The normalized spacial score (nSPS) is 24.6. The standard InChI is InChI=1S/C36H44N2O3/c1-24-20-30(15-19-35(24)41-2)26-8-6-25(7-9-26)23-38(36(40)28-12-16-33(39)17-13-28)32-5-3-4-29(21-32)31-14-18-34(37-22-31)27-10-11-27/h3-5,14-15,18-22,25-28,33,39H,6-13,16-17,23H2,1-2H3/t25-,26-,28-,33-. The molecule has 0 radical (unpaired) electrons. The first-order chi connectivity index (χ1) is 20.0. The Bertz CT molecular complexity index is 1330. The fraction of sp³-hybridized carbons (Fsp3) is 0.500. The number of anilines is 1. The van der Waals surface area contributed by atoms with Crippen LogP contribution in [-0.2, 0) is 4.79 Å². The van der Waals surface area contributed by atoms with Gasteiger partial charge in [-0.1, -0.05) is 30.3 Å². The molecule has 3 aliphatic carbocycles. The van der Waals surface area contributed by atoms with Gasteiger partial charge in [0.25, 0.3) is 0 Å². The molecule has 1 heterocycles. The molecule has 5 nitrogen and oxygen atoms in total. The third kappa shape index (κ3) is 6.51. The minimum Gasteiger partial charge on any atom is -0.496 e. The van der Waals surface area contributed by atoms with Gasteiger partial charge in [-0.3, -0.25) is 9.78 Å². The molecule has 0 bridgehead atoms. The van der Waals surface area contributed by atoms with Crippen molar-refractivity contribution in [3.63, 3.8) is 0 Å². The van der Waals surface area contributed by atoms with E-state index in [0.717, 1.165) is 80.5 Å². The molecule has 3 saturated carbocycles. The summed E-state index contributed by atoms with van der Waals surface area (Å²) in [5, 5.41) is 10.1. The van der Waals surface area contributed by atoms with Crippen LogP contribution in [0.25, 0.3) is 11.1 Å². The van der Waals surface area contributed by atoms with E-state index in [1.807, 2.05) is 6.20 Å². The van der Waals surface area contributed by atoms with Crippen LogP contribution in [0.4, 0.5) is 5.69 Å². The summed E-state index contributed by atoms with van der Waals surface area (Å²) < 4.78 is 5.47. The quantitative estimate of drug-likeness (QED) is 0.310. The second kappa shape index (κ2) is 12.4. The van der Waals surface area contributed by atoms with Gasteiger partial charge in [-0.15, -0.1) is 0 Å². The number of carbonyl (C=O) groups is 1. The summed E-state index contributed by atoms with van der Waals surface area (Å²) in [4.78, 5) is 20.9. The molecule has 5 heteroatoms. The van der Waals surface area contributed by atoms with Gasteiger partial charge in [0.05, 0.1) is 13.2 Å². The predicted octanol–water partition coefficient (Wildman–Crippen LogP) is 7.80. The van der Waals surface area contributed by atoms with Gasteiger partial charge in [0.15, 0.2) is 0 Å². The first-order valence-corrected chi connectivity index (χ1v) is 15.7. The maximum Gasteiger partial charge on any atom is 0.230 e. The number of carbonyl (C=O) groups excluding carboxylic acids is 1. The maximum atomic E-state index is 14.1. The van der Waals surface area contributed by atoms with E-state index in [2.05, 4.69) is 66.4 Å². The van der Waals surface area contributed by atoms with Crippen LogP contribution in [0.5, 0.6) is 5.75 Å². The molecule has 0 saturated heterocycles. The number of amides is 1. The van der Waals surface area contributed by atoms with Crippen LogP contribution in [0.1, 0.15) is 92.9 Å². The Kier molecular flexibility index (Phi) is 8.43. The number of hydrogen-bond donors (Lipinski definition) is 1. The second-order valence-electron chi connectivity index (χ2n) is 12.7. The third-order valence-electron chi connectivity index (χ3n) is 9.76. The van der Waals surface area contributed by atoms with Crippen molar-refractivity contribution >= 4 is 11.6 Å². The fourth-order valence-corrected chi connectivity index (χ4v) is 7.01. The number of aliphatic hydroxyl groups is 1. The number of nitrogens with zero attached hydrogens (tertiary/aromatic N) is 2. The molecular weight excluding hydrogens is 508 g/mol. The number of methoxy groups -OCH3 is 1. The van der Waals surface area contributed by atoms with E-state index >= 15 is 0 Å². The average molecular weight is 553 g/mol. The van der Waals surface area contributed by atoms with Crippen LogP contribution in [0.3, 0.4) is 0 Å². The molecule has 3 aliphatic rings. The Balaban J connectivity index is 1.19. The highest BCUT2D eigenvalue weighted by molar-refractivity contribution is 5.95. The molecule has 0 spiro atoms. The van der Waals surface area contributed by atoms with E-state index in [-0.39, 0.29) is 17.9 Å². The summed E-state index contributed by atoms with van der Waals surface area (Å²) in [7, 11) is 1.73. The largest absolute Gasteiger partial charge is 0.496 e. The Morgan fingerprint density at radius 1 is 0.878 bits per heavy atom. The SMILES string of the molecule is COc1ccc([C@H]2CC[C@H](CN(c3cccc(-c4ccc(C5CC5)nc4)c3)C(=O)[C@H]3CC[C@H](O)CC3)CC2)cc1C. The van der Waals surface area contributed by atoms with Gasteiger partial charge in [0.1, 0.15) is 5.75 Å². The lowest BCUT2D eigenvalue weighted by Gasteiger charge is -2.36. The van der Waals surface area contributed by atoms with Crippen molar-refractivity contribution in [2.24, 2.45) is 11.8 Å². The van der Waals surface area contributed by atoms with Gasteiger partial charge in [0.2, 0.25) is 5.91 Å². The third-order valence-corrected chi connectivity index (χ3v) is 9.76. The van der Waals surface area contributed by atoms with Crippen LogP contribution < -0.4 is 9.64 Å². The molecule has 1 aromatic heterocycles. The van der Waals surface area contributed by atoms with Crippen LogP contribution in [0.15, 0.2) is 60.8 Å². The van der Waals surface area contributed by atoms with Gasteiger partial charge in [-0.2, -0.15) is 0 Å². The molecule has 1 amide bonds. The number of aromatic nitrogens is 1. The smallest absolute Gasteiger partial charge is 0.230 e. The lowest BCUT2D eigenvalue weighted by atomic mass is 9.78. The van der Waals surface area contributed by atoms with E-state index in [0.29, 0.717) is 17.8 Å². The molecule has 3 aromatic rings. The van der Waals surface area contributed by atoms with Gasteiger partial charge in [-0.25, -0.2) is 0 Å². The van der Waals surface area contributed by atoms with Crippen molar-refractivity contribution in [1.82, 2.24) is 4.98 Å². The molecular formula is C36H44N2O3. The summed E-state index contributed by atoms with van der Waals surface area (Å²) in [6.45, 7) is 2.88. The summed E-state index contributed by atoms with van der Waals surface area (Å²) >= 11 is 0. The van der Waals surface area contributed by atoms with E-state index in [1.165, 1.54) is 29.7 Å². The van der Waals surface area contributed by atoms with Crippen molar-refractivity contribution in [1.29, 1.82) is 0 Å². The van der Waals surface area contributed by atoms with Gasteiger partial charge in [-0.05, 0) is 124 Å². The molecule has 0 atom stereocenters. The molecule has 1 N–H and O–H groups in total. The monoisotopic (exact) mass is 552 g/mol. The molecule has 0 unspecified atom stereocenters. The first-order valence-electron chi connectivity index (χ1n) is 15.7. The highest BCUT2D eigenvalue weighted by atomic mass is 16.5. The number of ether oxygens (including phenoxy) is 1. The molecule has 6 rings (SSSR count). The number of pyridine rings is 1. The van der Waals surface area contributed by atoms with Crippen molar-refractivity contribution in [3.05, 3.63) is 77.6 Å². The zero-order valence-electron chi connectivity index (χ0n) is 24.6. The molecule has 41 heavy (non-hydrogen) atoms. The van der Waals surface area contributed by atoms with Crippen molar-refractivity contribution < 1.29 is 14.6 Å². The lowest BCUT2D eigenvalue weighted by Crippen LogP contribution is -2.41. The Hall–Kier alpha value is -3.18. The summed E-state index contributed by atoms with van der Waals surface area (Å²) in [5.74, 6) is 2.84.